The minimum atomic E-state index is -0.129. The molecule has 0 aliphatic rings. The first kappa shape index (κ1) is 20.0. The van der Waals surface area contributed by atoms with Crippen LogP contribution in [0.5, 0.6) is 0 Å². The molecule has 30 heavy (non-hydrogen) atoms. The van der Waals surface area contributed by atoms with Gasteiger partial charge in [-0.1, -0.05) is 36.4 Å². The zero-order valence-electron chi connectivity index (χ0n) is 16.9. The van der Waals surface area contributed by atoms with Crippen molar-refractivity contribution < 1.29 is 4.79 Å². The fourth-order valence-electron chi connectivity index (χ4n) is 3.41. The van der Waals surface area contributed by atoms with Gasteiger partial charge in [-0.2, -0.15) is 0 Å². The highest BCUT2D eigenvalue weighted by Gasteiger charge is 2.24. The minimum Gasteiger partial charge on any atom is -0.333 e. The number of aromatic nitrogens is 3. The maximum Gasteiger partial charge on any atom is 0.264 e. The second-order valence-electron chi connectivity index (χ2n) is 7.18. The number of fused-ring (bicyclic) bond motifs is 1. The largest absolute Gasteiger partial charge is 0.333 e. The molecular formula is C23H22N4O2S. The smallest absolute Gasteiger partial charge is 0.264 e. The number of hydrogen-bond acceptors (Lipinski definition) is 5. The van der Waals surface area contributed by atoms with E-state index in [1.807, 2.05) is 60.4 Å². The number of thiophene rings is 1. The zero-order chi connectivity index (χ0) is 21.1. The van der Waals surface area contributed by atoms with Crippen molar-refractivity contribution >= 4 is 27.5 Å². The molecule has 0 spiro atoms. The summed E-state index contributed by atoms with van der Waals surface area (Å²) in [6.45, 7) is 2.85. The molecule has 4 rings (SSSR count). The predicted molar refractivity (Wildman–Crippen MR) is 119 cm³/mol. The van der Waals surface area contributed by atoms with Crippen LogP contribution in [0.15, 0.2) is 65.8 Å². The van der Waals surface area contributed by atoms with Crippen molar-refractivity contribution in [1.29, 1.82) is 0 Å². The first-order chi connectivity index (χ1) is 14.5. The number of benzene rings is 1. The Morgan fingerprint density at radius 3 is 2.60 bits per heavy atom. The van der Waals surface area contributed by atoms with Gasteiger partial charge in [0.2, 0.25) is 0 Å². The van der Waals surface area contributed by atoms with Gasteiger partial charge in [0.25, 0.3) is 11.5 Å². The fraction of sp³-hybridized carbons (Fsp3) is 0.217. The minimum absolute atomic E-state index is 0.0858. The van der Waals surface area contributed by atoms with E-state index in [2.05, 4.69) is 9.97 Å². The molecule has 0 radical (unpaired) electrons. The third-order valence-electron chi connectivity index (χ3n) is 5.07. The van der Waals surface area contributed by atoms with Crippen molar-refractivity contribution in [2.24, 2.45) is 7.05 Å². The summed E-state index contributed by atoms with van der Waals surface area (Å²) in [6, 6.07) is 15.7. The summed E-state index contributed by atoms with van der Waals surface area (Å²) in [5.74, 6) is -0.0858. The predicted octanol–water partition coefficient (Wildman–Crippen LogP) is 3.58. The van der Waals surface area contributed by atoms with Crippen LogP contribution in [-0.2, 0) is 20.0 Å². The van der Waals surface area contributed by atoms with Crippen LogP contribution in [0.4, 0.5) is 0 Å². The summed E-state index contributed by atoms with van der Waals surface area (Å²) in [5.41, 5.74) is 2.56. The van der Waals surface area contributed by atoms with Crippen molar-refractivity contribution in [3.05, 3.63) is 93.1 Å². The van der Waals surface area contributed by atoms with Crippen molar-refractivity contribution in [3.63, 3.8) is 0 Å². The monoisotopic (exact) mass is 418 g/mol. The van der Waals surface area contributed by atoms with Gasteiger partial charge < -0.3 is 9.47 Å². The Kier molecular flexibility index (Phi) is 5.72. The van der Waals surface area contributed by atoms with E-state index in [9.17, 15) is 9.59 Å². The van der Waals surface area contributed by atoms with Gasteiger partial charge >= 0.3 is 0 Å². The Hall–Kier alpha value is -3.32. The molecule has 3 heterocycles. The van der Waals surface area contributed by atoms with Gasteiger partial charge in [0.05, 0.1) is 16.6 Å². The number of pyridine rings is 1. The Morgan fingerprint density at radius 1 is 1.10 bits per heavy atom. The molecule has 0 unspecified atom stereocenters. The van der Waals surface area contributed by atoms with E-state index in [1.165, 1.54) is 22.2 Å². The van der Waals surface area contributed by atoms with Crippen LogP contribution in [0, 0.1) is 6.92 Å². The molecule has 152 valence electrons. The molecule has 4 aromatic rings. The quantitative estimate of drug-likeness (QED) is 0.480. The maximum absolute atomic E-state index is 13.5. The molecule has 0 saturated carbocycles. The summed E-state index contributed by atoms with van der Waals surface area (Å²) in [6.07, 6.45) is 3.91. The lowest BCUT2D eigenvalue weighted by Gasteiger charge is -2.22. The average molecular weight is 419 g/mol. The second-order valence-corrected chi connectivity index (χ2v) is 8.18. The van der Waals surface area contributed by atoms with Crippen molar-refractivity contribution in [1.82, 2.24) is 19.4 Å². The van der Waals surface area contributed by atoms with E-state index < -0.39 is 0 Å². The first-order valence-corrected chi connectivity index (χ1v) is 10.5. The first-order valence-electron chi connectivity index (χ1n) is 9.72. The molecule has 1 amide bonds. The molecule has 1 aromatic carbocycles. The van der Waals surface area contributed by atoms with E-state index in [-0.39, 0.29) is 11.5 Å². The van der Waals surface area contributed by atoms with Gasteiger partial charge in [-0.3, -0.25) is 14.6 Å². The van der Waals surface area contributed by atoms with Crippen molar-refractivity contribution in [3.8, 4) is 0 Å². The van der Waals surface area contributed by atoms with E-state index >= 15 is 0 Å². The molecule has 0 aliphatic carbocycles. The summed E-state index contributed by atoms with van der Waals surface area (Å²) >= 11 is 1.28. The summed E-state index contributed by atoms with van der Waals surface area (Å²) < 4.78 is 1.44. The molecule has 0 fully saturated rings. The highest BCUT2D eigenvalue weighted by Crippen LogP contribution is 2.28. The van der Waals surface area contributed by atoms with Crippen molar-refractivity contribution in [2.75, 3.05) is 6.54 Å². The molecule has 7 heteroatoms. The molecule has 0 atom stereocenters. The molecular weight excluding hydrogens is 396 g/mol. The number of aryl methyl sites for hydroxylation is 2. The van der Waals surface area contributed by atoms with Gasteiger partial charge in [-0.25, -0.2) is 4.98 Å². The number of nitrogens with zero attached hydrogens (tertiary/aromatic N) is 4. The molecule has 0 saturated heterocycles. The Morgan fingerprint density at radius 2 is 1.87 bits per heavy atom. The lowest BCUT2D eigenvalue weighted by atomic mass is 10.1. The third-order valence-corrected chi connectivity index (χ3v) is 6.26. The van der Waals surface area contributed by atoms with Crippen molar-refractivity contribution in [2.45, 2.75) is 19.9 Å². The lowest BCUT2D eigenvalue weighted by Crippen LogP contribution is -2.32. The van der Waals surface area contributed by atoms with Crippen LogP contribution in [0.3, 0.4) is 0 Å². The second kappa shape index (κ2) is 8.59. The Balaban J connectivity index is 1.68. The van der Waals surface area contributed by atoms with Gasteiger partial charge in [-0.05, 0) is 30.2 Å². The van der Waals surface area contributed by atoms with Gasteiger partial charge in [0.1, 0.15) is 4.83 Å². The molecule has 6 nitrogen and oxygen atoms in total. The normalized spacial score (nSPS) is 11.0. The summed E-state index contributed by atoms with van der Waals surface area (Å²) in [4.78, 5) is 37.8. The van der Waals surface area contributed by atoms with E-state index in [0.29, 0.717) is 40.2 Å². The third kappa shape index (κ3) is 4.02. The molecule has 0 bridgehead atoms. The van der Waals surface area contributed by atoms with Crippen LogP contribution in [0.2, 0.25) is 0 Å². The molecule has 0 aliphatic heterocycles. The summed E-state index contributed by atoms with van der Waals surface area (Å²) in [5, 5.41) is 0.526. The van der Waals surface area contributed by atoms with Crippen LogP contribution in [-0.4, -0.2) is 31.9 Å². The standard InChI is InChI=1S/C23H22N4O2S/c1-16-19-21(25-15-26(2)22(19)28)30-20(16)23(29)27(14-17-8-4-3-5-9-17)13-11-18-10-6-7-12-24-18/h3-10,12,15H,11,13-14H2,1-2H3. The molecule has 0 N–H and O–H groups in total. The van der Waals surface area contributed by atoms with E-state index in [4.69, 9.17) is 0 Å². The summed E-state index contributed by atoms with van der Waals surface area (Å²) in [7, 11) is 1.67. The maximum atomic E-state index is 13.5. The van der Waals surface area contributed by atoms with Crippen LogP contribution < -0.4 is 5.56 Å². The van der Waals surface area contributed by atoms with E-state index in [0.717, 1.165) is 11.3 Å². The van der Waals surface area contributed by atoms with Crippen LogP contribution in [0.25, 0.3) is 10.2 Å². The average Bonchev–Trinajstić information content (AvgIpc) is 3.11. The highest BCUT2D eigenvalue weighted by molar-refractivity contribution is 7.20. The number of carbonyl (C=O) groups excluding carboxylic acids is 1. The lowest BCUT2D eigenvalue weighted by molar-refractivity contribution is 0.0749. The van der Waals surface area contributed by atoms with Gasteiger partial charge in [-0.15, -0.1) is 11.3 Å². The van der Waals surface area contributed by atoms with Crippen LogP contribution >= 0.6 is 11.3 Å². The highest BCUT2D eigenvalue weighted by atomic mass is 32.1. The fourth-order valence-corrected chi connectivity index (χ4v) is 4.52. The Labute approximate surface area is 178 Å². The Bertz CT molecular complexity index is 1230. The number of carbonyl (C=O) groups is 1. The number of hydrogen-bond donors (Lipinski definition) is 0. The van der Waals surface area contributed by atoms with Gasteiger partial charge in [0, 0.05) is 38.4 Å². The zero-order valence-corrected chi connectivity index (χ0v) is 17.7. The number of amides is 1. The van der Waals surface area contributed by atoms with Gasteiger partial charge in [0.15, 0.2) is 0 Å². The van der Waals surface area contributed by atoms with E-state index in [1.54, 1.807) is 13.2 Å². The number of rotatable bonds is 6. The van der Waals surface area contributed by atoms with Crippen LogP contribution in [0.1, 0.15) is 26.5 Å². The topological polar surface area (TPSA) is 68.1 Å². The SMILES string of the molecule is Cc1c(C(=O)N(CCc2ccccn2)Cc2ccccc2)sc2ncn(C)c(=O)c12. The molecule has 3 aromatic heterocycles.